The van der Waals surface area contributed by atoms with Gasteiger partial charge < -0.3 is 9.47 Å². The number of thiophene rings is 1. The van der Waals surface area contributed by atoms with Crippen molar-refractivity contribution in [2.24, 2.45) is 0 Å². The third-order valence-electron chi connectivity index (χ3n) is 12.0. The lowest BCUT2D eigenvalue weighted by Crippen LogP contribution is -2.10. The molecule has 0 N–H and O–H groups in total. The third-order valence-corrected chi connectivity index (χ3v) is 13.1. The Morgan fingerprint density at radius 3 is 1.66 bits per heavy atom. The molecule has 3 heteroatoms. The van der Waals surface area contributed by atoms with Crippen molar-refractivity contribution in [3.8, 4) is 27.9 Å². The number of anilines is 3. The van der Waals surface area contributed by atoms with E-state index in [0.717, 1.165) is 22.7 Å². The zero-order valence-electron chi connectivity index (χ0n) is 32.1. The summed E-state index contributed by atoms with van der Waals surface area (Å²) >= 11 is 1.87. The fourth-order valence-corrected chi connectivity index (χ4v) is 10.4. The minimum Gasteiger partial charge on any atom is -0.310 e. The highest BCUT2D eigenvalue weighted by Crippen LogP contribution is 2.44. The van der Waals surface area contributed by atoms with Gasteiger partial charge in [0.15, 0.2) is 0 Å². The summed E-state index contributed by atoms with van der Waals surface area (Å²) in [6.07, 6.45) is 0. The summed E-state index contributed by atoms with van der Waals surface area (Å²) in [5.74, 6) is 0. The van der Waals surface area contributed by atoms with E-state index in [2.05, 4.69) is 228 Å². The lowest BCUT2D eigenvalue weighted by Gasteiger charge is -2.27. The van der Waals surface area contributed by atoms with Gasteiger partial charge in [-0.25, -0.2) is 0 Å². The maximum absolute atomic E-state index is 2.42. The number of benzene rings is 10. The normalized spacial score (nSPS) is 11.7. The molecule has 0 bridgehead atoms. The van der Waals surface area contributed by atoms with Crippen molar-refractivity contribution in [2.75, 3.05) is 4.90 Å². The van der Waals surface area contributed by atoms with Crippen molar-refractivity contribution in [3.63, 3.8) is 0 Å². The SMILES string of the molecule is c1ccc(-c2cccc3cccc(-c4ccc(N(c5cccc(-n6c7ccccc7c7ccccc76)c5)c5ccc6sc7ccc8ccccc8c7c6c5)cc4)c23)cc1. The van der Waals surface area contributed by atoms with Gasteiger partial charge in [0.2, 0.25) is 0 Å². The van der Waals surface area contributed by atoms with Gasteiger partial charge in [-0.05, 0) is 111 Å². The van der Waals surface area contributed by atoms with Crippen molar-refractivity contribution < 1.29 is 0 Å². The molecule has 59 heavy (non-hydrogen) atoms. The number of hydrogen-bond acceptors (Lipinski definition) is 2. The van der Waals surface area contributed by atoms with Crippen LogP contribution in [0.1, 0.15) is 0 Å². The Labute approximate surface area is 346 Å². The Morgan fingerprint density at radius 1 is 0.339 bits per heavy atom. The first-order valence-electron chi connectivity index (χ1n) is 20.2. The van der Waals surface area contributed by atoms with Gasteiger partial charge in [-0.1, -0.05) is 152 Å². The van der Waals surface area contributed by atoms with Crippen LogP contribution in [0.3, 0.4) is 0 Å². The third kappa shape index (κ3) is 5.47. The van der Waals surface area contributed by atoms with Gasteiger partial charge in [0.05, 0.1) is 11.0 Å². The second kappa shape index (κ2) is 13.6. The van der Waals surface area contributed by atoms with E-state index >= 15 is 0 Å². The molecule has 10 aromatic carbocycles. The van der Waals surface area contributed by atoms with Crippen molar-refractivity contribution in [3.05, 3.63) is 218 Å². The number of aromatic nitrogens is 1. The molecule has 2 nitrogen and oxygen atoms in total. The molecule has 12 aromatic rings. The highest BCUT2D eigenvalue weighted by molar-refractivity contribution is 7.26. The van der Waals surface area contributed by atoms with E-state index in [-0.39, 0.29) is 0 Å². The quantitative estimate of drug-likeness (QED) is 0.164. The van der Waals surface area contributed by atoms with Gasteiger partial charge in [-0.3, -0.25) is 0 Å². The van der Waals surface area contributed by atoms with E-state index in [1.54, 1.807) is 0 Å². The van der Waals surface area contributed by atoms with Crippen molar-refractivity contribution in [1.29, 1.82) is 0 Å². The number of fused-ring (bicyclic) bond motifs is 9. The van der Waals surface area contributed by atoms with E-state index in [9.17, 15) is 0 Å². The molecule has 0 aliphatic heterocycles. The highest BCUT2D eigenvalue weighted by Gasteiger charge is 2.19. The molecule has 0 spiro atoms. The van der Waals surface area contributed by atoms with Crippen LogP contribution in [-0.4, -0.2) is 4.57 Å². The molecule has 0 aliphatic carbocycles. The maximum Gasteiger partial charge on any atom is 0.0541 e. The molecule has 0 radical (unpaired) electrons. The Balaban J connectivity index is 1.06. The summed E-state index contributed by atoms with van der Waals surface area (Å²) in [4.78, 5) is 2.42. The zero-order chi connectivity index (χ0) is 38.9. The molecule has 276 valence electrons. The average molecular weight is 769 g/mol. The van der Waals surface area contributed by atoms with Crippen molar-refractivity contribution in [2.45, 2.75) is 0 Å². The van der Waals surface area contributed by atoms with Gasteiger partial charge in [0, 0.05) is 53.7 Å². The van der Waals surface area contributed by atoms with Crippen LogP contribution in [0.25, 0.3) is 91.5 Å². The molecule has 12 rings (SSSR count). The first-order valence-corrected chi connectivity index (χ1v) is 21.0. The van der Waals surface area contributed by atoms with Gasteiger partial charge in [-0.2, -0.15) is 0 Å². The van der Waals surface area contributed by atoms with Crippen LogP contribution < -0.4 is 4.90 Å². The topological polar surface area (TPSA) is 8.17 Å². The Bertz CT molecular complexity index is 3500. The largest absolute Gasteiger partial charge is 0.310 e. The zero-order valence-corrected chi connectivity index (χ0v) is 32.9. The lowest BCUT2D eigenvalue weighted by molar-refractivity contribution is 1.17. The molecule has 0 atom stereocenters. The Kier molecular flexibility index (Phi) is 7.75. The first-order chi connectivity index (χ1) is 29.3. The molecule has 0 saturated heterocycles. The van der Waals surface area contributed by atoms with Crippen LogP contribution in [0.5, 0.6) is 0 Å². The monoisotopic (exact) mass is 768 g/mol. The molecule has 0 aliphatic rings. The Morgan fingerprint density at radius 2 is 0.915 bits per heavy atom. The average Bonchev–Trinajstić information content (AvgIpc) is 3.85. The number of rotatable bonds is 6. The lowest BCUT2D eigenvalue weighted by atomic mass is 9.91. The molecular formula is C56H36N2S. The minimum absolute atomic E-state index is 1.09. The molecule has 0 saturated carbocycles. The number of nitrogens with zero attached hydrogens (tertiary/aromatic N) is 2. The van der Waals surface area contributed by atoms with Gasteiger partial charge in [0.25, 0.3) is 0 Å². The second-order valence-corrected chi connectivity index (χ2v) is 16.4. The van der Waals surface area contributed by atoms with Gasteiger partial charge in [-0.15, -0.1) is 11.3 Å². The Hall–Kier alpha value is -7.46. The number of para-hydroxylation sites is 2. The fourth-order valence-electron chi connectivity index (χ4n) is 9.32. The molecular weight excluding hydrogens is 733 g/mol. The van der Waals surface area contributed by atoms with Crippen LogP contribution in [0.15, 0.2) is 218 Å². The summed E-state index contributed by atoms with van der Waals surface area (Å²) < 4.78 is 5.01. The van der Waals surface area contributed by atoms with Crippen molar-refractivity contribution in [1.82, 2.24) is 4.57 Å². The van der Waals surface area contributed by atoms with Gasteiger partial charge in [0.1, 0.15) is 0 Å². The van der Waals surface area contributed by atoms with Crippen LogP contribution in [0, 0.1) is 0 Å². The second-order valence-electron chi connectivity index (χ2n) is 15.3. The highest BCUT2D eigenvalue weighted by atomic mass is 32.1. The maximum atomic E-state index is 2.42. The van der Waals surface area contributed by atoms with Crippen molar-refractivity contribution >= 4 is 91.9 Å². The minimum atomic E-state index is 1.09. The smallest absolute Gasteiger partial charge is 0.0541 e. The summed E-state index contributed by atoms with van der Waals surface area (Å²) in [5.41, 5.74) is 11.7. The summed E-state index contributed by atoms with van der Waals surface area (Å²) in [6, 6.07) is 80.0. The van der Waals surface area contributed by atoms with E-state index in [0.29, 0.717) is 0 Å². The fraction of sp³-hybridized carbons (Fsp3) is 0. The standard InChI is InChI=1S/C56H36N2S/c1-2-13-37(14-3-1)45-23-10-16-40-17-11-24-46(55(40)45)39-27-30-41(31-28-39)57(44-32-34-53-50(36-44)56-47-20-5-4-15-38(47)29-33-54(56)59-53)42-18-12-19-43(35-42)58-51-25-8-6-21-48(51)49-22-7-9-26-52(49)58/h1-36H. The van der Waals surface area contributed by atoms with Crippen LogP contribution in [0.4, 0.5) is 17.1 Å². The van der Waals surface area contributed by atoms with E-state index < -0.39 is 0 Å². The van der Waals surface area contributed by atoms with Crippen LogP contribution >= 0.6 is 11.3 Å². The molecule has 0 unspecified atom stereocenters. The predicted molar refractivity (Wildman–Crippen MR) is 254 cm³/mol. The molecule has 2 heterocycles. The predicted octanol–water partition coefficient (Wildman–Crippen LogP) is 16.3. The molecule has 0 amide bonds. The summed E-state index contributed by atoms with van der Waals surface area (Å²) in [7, 11) is 0. The van der Waals surface area contributed by atoms with E-state index in [4.69, 9.17) is 0 Å². The van der Waals surface area contributed by atoms with E-state index in [1.807, 2.05) is 11.3 Å². The summed E-state index contributed by atoms with van der Waals surface area (Å²) in [6.45, 7) is 0. The van der Waals surface area contributed by atoms with Crippen LogP contribution in [0.2, 0.25) is 0 Å². The van der Waals surface area contributed by atoms with Gasteiger partial charge >= 0.3 is 0 Å². The molecule has 2 aromatic heterocycles. The summed E-state index contributed by atoms with van der Waals surface area (Å²) in [5, 5.41) is 10.2. The number of hydrogen-bond donors (Lipinski definition) is 0. The van der Waals surface area contributed by atoms with Crippen LogP contribution in [-0.2, 0) is 0 Å². The van der Waals surface area contributed by atoms with E-state index in [1.165, 1.54) is 85.8 Å². The molecule has 0 fully saturated rings. The first kappa shape index (κ1) is 33.7.